The minimum atomic E-state index is -2.27. The molecule has 1 heterocycles. The Morgan fingerprint density at radius 1 is 1.18 bits per heavy atom. The first-order valence-electron chi connectivity index (χ1n) is 6.43. The van der Waals surface area contributed by atoms with Crippen molar-refractivity contribution in [3.05, 3.63) is 18.2 Å². The molecule has 0 aliphatic heterocycles. The maximum atomic E-state index is 11.8. The van der Waals surface area contributed by atoms with Gasteiger partial charge in [0.05, 0.1) is 19.0 Å². The van der Waals surface area contributed by atoms with Crippen LogP contribution < -0.4 is 5.73 Å². The summed E-state index contributed by atoms with van der Waals surface area (Å²) in [6.07, 6.45) is -5.44. The Morgan fingerprint density at radius 3 is 2.32 bits per heavy atom. The molecule has 22 heavy (non-hydrogen) atoms. The fourth-order valence-electron chi connectivity index (χ4n) is 1.73. The standard InChI is InChI=1S/C12H19N3O7/c13-6(1-5-2-14-4-15-5)8(18)10(20)12(22)11(21)9(19)7(17)3-16/h2,4,6-7,9,11-12,16-17,19,21-22H,1,3,13H2,(H,14,15)/t6-,7+,9+,11-,12?/m0/s1. The molecule has 0 radical (unpaired) electrons. The predicted molar refractivity (Wildman–Crippen MR) is 71.4 cm³/mol. The van der Waals surface area contributed by atoms with Gasteiger partial charge in [0.1, 0.15) is 24.4 Å². The highest BCUT2D eigenvalue weighted by Crippen LogP contribution is 2.08. The molecule has 0 saturated carbocycles. The van der Waals surface area contributed by atoms with Crippen LogP contribution >= 0.6 is 0 Å². The first kappa shape index (κ1) is 18.4. The van der Waals surface area contributed by atoms with Crippen LogP contribution in [-0.4, -0.2) is 84.1 Å². The van der Waals surface area contributed by atoms with Gasteiger partial charge in [0, 0.05) is 18.3 Å². The van der Waals surface area contributed by atoms with E-state index in [0.717, 1.165) is 0 Å². The Kier molecular flexibility index (Phi) is 6.74. The summed E-state index contributed by atoms with van der Waals surface area (Å²) in [7, 11) is 0. The van der Waals surface area contributed by atoms with Crippen LogP contribution in [0.4, 0.5) is 0 Å². The lowest BCUT2D eigenvalue weighted by Crippen LogP contribution is -2.52. The van der Waals surface area contributed by atoms with E-state index in [4.69, 9.17) is 15.9 Å². The monoisotopic (exact) mass is 317 g/mol. The third-order valence-corrected chi connectivity index (χ3v) is 3.10. The van der Waals surface area contributed by atoms with E-state index in [9.17, 15) is 24.9 Å². The molecule has 1 rings (SSSR count). The van der Waals surface area contributed by atoms with E-state index in [2.05, 4.69) is 9.97 Å². The maximum absolute atomic E-state index is 11.8. The summed E-state index contributed by atoms with van der Waals surface area (Å²) in [4.78, 5) is 30.0. The molecule has 0 saturated heterocycles. The third-order valence-electron chi connectivity index (χ3n) is 3.10. The largest absolute Gasteiger partial charge is 0.394 e. The van der Waals surface area contributed by atoms with Crippen molar-refractivity contribution in [1.29, 1.82) is 0 Å². The number of nitrogens with zero attached hydrogens (tertiary/aromatic N) is 1. The third kappa shape index (κ3) is 4.40. The van der Waals surface area contributed by atoms with E-state index in [0.29, 0.717) is 5.69 Å². The van der Waals surface area contributed by atoms with Gasteiger partial charge in [-0.1, -0.05) is 0 Å². The van der Waals surface area contributed by atoms with Gasteiger partial charge in [-0.3, -0.25) is 9.59 Å². The lowest BCUT2D eigenvalue weighted by molar-refractivity contribution is -0.154. The van der Waals surface area contributed by atoms with Gasteiger partial charge in [0.25, 0.3) is 0 Å². The number of aliphatic hydroxyl groups is 5. The zero-order valence-corrected chi connectivity index (χ0v) is 11.5. The molecule has 0 amide bonds. The molecule has 0 aromatic carbocycles. The molecule has 8 N–H and O–H groups in total. The first-order chi connectivity index (χ1) is 10.3. The number of nitrogens with one attached hydrogen (secondary N) is 1. The highest BCUT2D eigenvalue weighted by molar-refractivity contribution is 6.40. The van der Waals surface area contributed by atoms with Gasteiger partial charge < -0.3 is 36.3 Å². The summed E-state index contributed by atoms with van der Waals surface area (Å²) in [5.74, 6) is -2.55. The number of nitrogens with two attached hydrogens (primary N) is 1. The topological polar surface area (TPSA) is 190 Å². The molecule has 0 spiro atoms. The SMILES string of the molecule is N[C@@H](Cc1cnc[nH]1)C(=O)C(=O)C(O)[C@@H](O)[C@H](O)[C@H](O)CO. The number of aromatic amines is 1. The predicted octanol–water partition coefficient (Wildman–Crippen LogP) is -4.15. The molecular weight excluding hydrogens is 298 g/mol. The fourth-order valence-corrected chi connectivity index (χ4v) is 1.73. The van der Waals surface area contributed by atoms with Crippen molar-refractivity contribution in [2.45, 2.75) is 36.9 Å². The van der Waals surface area contributed by atoms with Crippen molar-refractivity contribution in [2.24, 2.45) is 5.73 Å². The summed E-state index contributed by atoms with van der Waals surface area (Å²) < 4.78 is 0. The van der Waals surface area contributed by atoms with Gasteiger partial charge in [-0.2, -0.15) is 0 Å². The second-order valence-corrected chi connectivity index (χ2v) is 4.79. The van der Waals surface area contributed by atoms with Crippen LogP contribution in [0.25, 0.3) is 0 Å². The number of ketones is 2. The van der Waals surface area contributed by atoms with Gasteiger partial charge >= 0.3 is 0 Å². The van der Waals surface area contributed by atoms with Crippen molar-refractivity contribution in [3.63, 3.8) is 0 Å². The van der Waals surface area contributed by atoms with Crippen LogP contribution in [0.15, 0.2) is 12.5 Å². The molecule has 0 aliphatic rings. The molecule has 0 bridgehead atoms. The minimum absolute atomic E-state index is 0.0325. The number of carbonyl (C=O) groups excluding carboxylic acids is 2. The molecule has 10 heteroatoms. The van der Waals surface area contributed by atoms with Crippen molar-refractivity contribution in [2.75, 3.05) is 6.61 Å². The maximum Gasteiger partial charge on any atom is 0.231 e. The number of Topliss-reactive ketones (excluding diaryl/α,β-unsaturated/α-hetero) is 2. The van der Waals surface area contributed by atoms with Crippen LogP contribution in [0.3, 0.4) is 0 Å². The second kappa shape index (κ2) is 8.08. The summed E-state index contributed by atoms with van der Waals surface area (Å²) in [5.41, 5.74) is 6.05. The quantitative estimate of drug-likeness (QED) is 0.222. The number of imidazole rings is 1. The van der Waals surface area contributed by atoms with Gasteiger partial charge in [-0.15, -0.1) is 0 Å². The Hall–Kier alpha value is -1.69. The van der Waals surface area contributed by atoms with E-state index >= 15 is 0 Å². The molecular formula is C12H19N3O7. The summed E-state index contributed by atoms with van der Waals surface area (Å²) in [5, 5.41) is 46.3. The molecule has 1 aromatic heterocycles. The number of H-pyrrole nitrogens is 1. The molecule has 124 valence electrons. The fraction of sp³-hybridized carbons (Fsp3) is 0.583. The lowest BCUT2D eigenvalue weighted by atomic mass is 9.95. The van der Waals surface area contributed by atoms with Gasteiger partial charge in [0.15, 0.2) is 0 Å². The van der Waals surface area contributed by atoms with Crippen molar-refractivity contribution in [1.82, 2.24) is 9.97 Å². The normalized spacial score (nSPS) is 18.3. The van der Waals surface area contributed by atoms with E-state index in [1.54, 1.807) is 0 Å². The summed E-state index contributed by atoms with van der Waals surface area (Å²) >= 11 is 0. The Bertz CT molecular complexity index is 493. The van der Waals surface area contributed by atoms with Crippen LogP contribution in [-0.2, 0) is 16.0 Å². The second-order valence-electron chi connectivity index (χ2n) is 4.79. The van der Waals surface area contributed by atoms with E-state index in [1.807, 2.05) is 0 Å². The van der Waals surface area contributed by atoms with Gasteiger partial charge in [0.2, 0.25) is 11.6 Å². The first-order valence-corrected chi connectivity index (χ1v) is 6.43. The molecule has 10 nitrogen and oxygen atoms in total. The smallest absolute Gasteiger partial charge is 0.231 e. The Balaban J connectivity index is 2.66. The van der Waals surface area contributed by atoms with Crippen LogP contribution in [0.1, 0.15) is 5.69 Å². The van der Waals surface area contributed by atoms with Crippen molar-refractivity contribution in [3.8, 4) is 0 Å². The van der Waals surface area contributed by atoms with Gasteiger partial charge in [-0.05, 0) is 0 Å². The summed E-state index contributed by atoms with van der Waals surface area (Å²) in [6, 6.07) is -1.27. The number of carbonyl (C=O) groups is 2. The highest BCUT2D eigenvalue weighted by Gasteiger charge is 2.38. The molecule has 5 atom stereocenters. The highest BCUT2D eigenvalue weighted by atomic mass is 16.4. The number of hydrogen-bond donors (Lipinski definition) is 7. The number of rotatable bonds is 9. The van der Waals surface area contributed by atoms with Crippen molar-refractivity contribution < 1.29 is 35.1 Å². The average molecular weight is 317 g/mol. The van der Waals surface area contributed by atoms with Crippen LogP contribution in [0.2, 0.25) is 0 Å². The lowest BCUT2D eigenvalue weighted by Gasteiger charge is -2.24. The number of aromatic nitrogens is 2. The summed E-state index contributed by atoms with van der Waals surface area (Å²) in [6.45, 7) is -0.896. The number of aliphatic hydroxyl groups excluding tert-OH is 5. The zero-order valence-electron chi connectivity index (χ0n) is 11.5. The number of hydrogen-bond acceptors (Lipinski definition) is 9. The zero-order chi connectivity index (χ0) is 16.9. The van der Waals surface area contributed by atoms with Gasteiger partial charge in [-0.25, -0.2) is 4.98 Å². The van der Waals surface area contributed by atoms with E-state index < -0.39 is 48.6 Å². The van der Waals surface area contributed by atoms with Crippen LogP contribution in [0, 0.1) is 0 Å². The molecule has 0 aliphatic carbocycles. The molecule has 1 aromatic rings. The Morgan fingerprint density at radius 2 is 1.82 bits per heavy atom. The van der Waals surface area contributed by atoms with Crippen molar-refractivity contribution >= 4 is 11.6 Å². The van der Waals surface area contributed by atoms with E-state index in [1.165, 1.54) is 12.5 Å². The molecule has 1 unspecified atom stereocenters. The molecule has 0 fully saturated rings. The average Bonchev–Trinajstić information content (AvgIpc) is 3.03. The Labute approximate surface area is 125 Å². The van der Waals surface area contributed by atoms with Crippen LogP contribution in [0.5, 0.6) is 0 Å². The van der Waals surface area contributed by atoms with E-state index in [-0.39, 0.29) is 6.42 Å². The minimum Gasteiger partial charge on any atom is -0.394 e.